The first-order chi connectivity index (χ1) is 22.0. The molecule has 0 unspecified atom stereocenters. The lowest BCUT2D eigenvalue weighted by Gasteiger charge is -2.36. The number of Topliss-reactive ketones (excluding diaryl/α,β-unsaturated/α-hetero) is 1. The molecule has 4 aromatic rings. The lowest BCUT2D eigenvalue weighted by atomic mass is 10.1. The summed E-state index contributed by atoms with van der Waals surface area (Å²) in [6.07, 6.45) is -4.40. The predicted octanol–water partition coefficient (Wildman–Crippen LogP) is 7.51. The van der Waals surface area contributed by atoms with Gasteiger partial charge < -0.3 is 14.4 Å². The predicted molar refractivity (Wildman–Crippen MR) is 175 cm³/mol. The van der Waals surface area contributed by atoms with E-state index in [1.807, 2.05) is 49.4 Å². The maximum atomic E-state index is 13.2. The summed E-state index contributed by atoms with van der Waals surface area (Å²) >= 11 is 3.14. The largest absolute Gasteiger partial charge is 0.482 e. The van der Waals surface area contributed by atoms with Gasteiger partial charge in [0.1, 0.15) is 10.8 Å². The van der Waals surface area contributed by atoms with E-state index >= 15 is 0 Å². The number of methoxy groups -OCH3 is 1. The molecule has 1 aliphatic rings. The van der Waals surface area contributed by atoms with Crippen LogP contribution in [0.15, 0.2) is 71.6 Å². The Morgan fingerprint density at radius 2 is 1.67 bits per heavy atom. The van der Waals surface area contributed by atoms with Crippen molar-refractivity contribution in [2.24, 2.45) is 0 Å². The van der Waals surface area contributed by atoms with Crippen molar-refractivity contribution in [3.8, 4) is 16.3 Å². The van der Waals surface area contributed by atoms with E-state index in [9.17, 15) is 22.8 Å². The Hall–Kier alpha value is -3.87. The molecule has 3 aromatic carbocycles. The number of piperazine rings is 1. The average molecular weight is 670 g/mol. The third-order valence-corrected chi connectivity index (χ3v) is 10.1. The molecule has 0 bridgehead atoms. The van der Waals surface area contributed by atoms with Gasteiger partial charge in [0.05, 0.1) is 18.4 Å². The highest BCUT2D eigenvalue weighted by Crippen LogP contribution is 2.36. The third-order valence-electron chi connectivity index (χ3n) is 7.71. The van der Waals surface area contributed by atoms with Crippen LogP contribution in [0.3, 0.4) is 0 Å². The molecule has 1 fully saturated rings. The molecule has 0 spiro atoms. The first-order valence-electron chi connectivity index (χ1n) is 14.7. The van der Waals surface area contributed by atoms with Gasteiger partial charge >= 0.3 is 12.1 Å². The van der Waals surface area contributed by atoms with Crippen molar-refractivity contribution in [3.05, 3.63) is 94.0 Å². The summed E-state index contributed by atoms with van der Waals surface area (Å²) in [6, 6.07) is 18.6. The molecule has 0 atom stereocenters. The third kappa shape index (κ3) is 8.48. The summed E-state index contributed by atoms with van der Waals surface area (Å²) in [6.45, 7) is 7.22. The van der Waals surface area contributed by atoms with Gasteiger partial charge in [-0.25, -0.2) is 9.78 Å². The maximum Gasteiger partial charge on any atom is 0.416 e. The monoisotopic (exact) mass is 669 g/mol. The second-order valence-electron chi connectivity index (χ2n) is 10.9. The number of hydrogen-bond donors (Lipinski definition) is 0. The number of anilines is 1. The van der Waals surface area contributed by atoms with Crippen LogP contribution in [-0.4, -0.2) is 61.5 Å². The summed E-state index contributed by atoms with van der Waals surface area (Å²) in [7, 11) is 1.31. The number of hydrogen-bond acceptors (Lipinski definition) is 9. The molecular formula is C34H34F3N3O4S2. The highest BCUT2D eigenvalue weighted by Gasteiger charge is 2.30. The number of carbonyl (C=O) groups excluding carboxylic acids is 2. The number of ether oxygens (including phenoxy) is 2. The lowest BCUT2D eigenvalue weighted by Crippen LogP contribution is -2.46. The number of alkyl halides is 3. The molecule has 7 nitrogen and oxygen atoms in total. The second-order valence-corrected chi connectivity index (χ2v) is 13.0. The van der Waals surface area contributed by atoms with Gasteiger partial charge in [0.25, 0.3) is 0 Å². The number of thiazole rings is 1. The molecule has 242 valence electrons. The fourth-order valence-electron chi connectivity index (χ4n) is 5.05. The molecule has 12 heteroatoms. The van der Waals surface area contributed by atoms with Gasteiger partial charge in [-0.1, -0.05) is 12.1 Å². The van der Waals surface area contributed by atoms with Crippen LogP contribution in [0.5, 0.6) is 5.75 Å². The topological polar surface area (TPSA) is 72.0 Å². The summed E-state index contributed by atoms with van der Waals surface area (Å²) in [5, 5.41) is 0.686. The van der Waals surface area contributed by atoms with Gasteiger partial charge in [-0.2, -0.15) is 13.2 Å². The minimum Gasteiger partial charge on any atom is -0.482 e. The molecule has 0 radical (unpaired) electrons. The average Bonchev–Trinajstić information content (AvgIpc) is 3.45. The van der Waals surface area contributed by atoms with Crippen LogP contribution < -0.4 is 9.64 Å². The number of rotatable bonds is 11. The zero-order valence-corrected chi connectivity index (χ0v) is 27.4. The molecule has 1 aliphatic heterocycles. The van der Waals surface area contributed by atoms with Crippen LogP contribution in [0.2, 0.25) is 0 Å². The molecule has 1 saturated heterocycles. The van der Waals surface area contributed by atoms with Crippen LogP contribution in [0.1, 0.15) is 39.0 Å². The van der Waals surface area contributed by atoms with Crippen LogP contribution in [0.4, 0.5) is 18.9 Å². The van der Waals surface area contributed by atoms with Crippen molar-refractivity contribution in [2.75, 3.05) is 44.8 Å². The number of aromatic nitrogens is 1. The van der Waals surface area contributed by atoms with Gasteiger partial charge in [-0.15, -0.1) is 23.1 Å². The summed E-state index contributed by atoms with van der Waals surface area (Å²) in [5.74, 6) is 0.828. The van der Waals surface area contributed by atoms with Gasteiger partial charge in [0.15, 0.2) is 12.4 Å². The Bertz CT molecular complexity index is 1670. The van der Waals surface area contributed by atoms with E-state index in [0.717, 1.165) is 65.0 Å². The Morgan fingerprint density at radius 1 is 0.978 bits per heavy atom. The zero-order valence-electron chi connectivity index (χ0n) is 25.7. The van der Waals surface area contributed by atoms with E-state index in [-0.39, 0.29) is 12.4 Å². The quantitative estimate of drug-likeness (QED) is 0.0924. The number of thioether (sulfide) groups is 1. The van der Waals surface area contributed by atoms with E-state index < -0.39 is 17.7 Å². The smallest absolute Gasteiger partial charge is 0.416 e. The number of benzene rings is 3. The fourth-order valence-corrected chi connectivity index (χ4v) is 7.22. The van der Waals surface area contributed by atoms with Crippen LogP contribution in [0, 0.1) is 6.92 Å². The molecule has 1 aromatic heterocycles. The van der Waals surface area contributed by atoms with E-state index in [0.29, 0.717) is 34.2 Å². The van der Waals surface area contributed by atoms with E-state index in [4.69, 9.17) is 9.72 Å². The lowest BCUT2D eigenvalue weighted by molar-refractivity contribution is -0.143. The van der Waals surface area contributed by atoms with Gasteiger partial charge in [-0.3, -0.25) is 9.69 Å². The van der Waals surface area contributed by atoms with Gasteiger partial charge in [0.2, 0.25) is 0 Å². The maximum absolute atomic E-state index is 13.2. The number of carbonyl (C=O) groups is 2. The molecular weight excluding hydrogens is 636 g/mol. The SMILES string of the molecule is COC(=O)COc1ccc(SCc2sc(-c3ccc(C(F)(F)F)cc3)nc2CN2CCN(c3ccc(C(C)=O)cc3)CC2)cc1C. The highest BCUT2D eigenvalue weighted by molar-refractivity contribution is 7.98. The van der Waals surface area contributed by atoms with Gasteiger partial charge in [0, 0.05) is 65.1 Å². The first-order valence-corrected chi connectivity index (χ1v) is 16.5. The van der Waals surface area contributed by atoms with Crippen molar-refractivity contribution in [1.82, 2.24) is 9.88 Å². The first kappa shape index (κ1) is 33.5. The van der Waals surface area contributed by atoms with Crippen molar-refractivity contribution >= 4 is 40.5 Å². The summed E-state index contributed by atoms with van der Waals surface area (Å²) in [5.41, 5.74) is 3.54. The Balaban J connectivity index is 1.30. The summed E-state index contributed by atoms with van der Waals surface area (Å²) < 4.78 is 49.7. The van der Waals surface area contributed by atoms with Crippen molar-refractivity contribution in [2.45, 2.75) is 37.2 Å². The molecule has 2 heterocycles. The van der Waals surface area contributed by atoms with E-state index in [1.54, 1.807) is 18.7 Å². The van der Waals surface area contributed by atoms with Gasteiger partial charge in [-0.05, 0) is 74.0 Å². The minimum atomic E-state index is -4.40. The molecule has 0 N–H and O–H groups in total. The van der Waals surface area contributed by atoms with E-state index in [1.165, 1.54) is 30.6 Å². The van der Waals surface area contributed by atoms with Crippen molar-refractivity contribution in [1.29, 1.82) is 0 Å². The Kier molecular flexibility index (Phi) is 10.7. The molecule has 46 heavy (non-hydrogen) atoms. The molecule has 0 amide bonds. The number of esters is 1. The molecule has 0 aliphatic carbocycles. The number of ketones is 1. The second kappa shape index (κ2) is 14.7. The standard InChI is InChI=1S/C34H34F3N3O4S2/c1-22-18-28(12-13-30(22)44-20-32(42)43-3)45-21-31-29(38-33(46-31)25-4-8-26(9-5-25)34(35,36)37)19-39-14-16-40(17-15-39)27-10-6-24(7-11-27)23(2)41/h4-13,18H,14-17,19-21H2,1-3H3. The number of halogens is 3. The van der Waals surface area contributed by atoms with Crippen LogP contribution in [-0.2, 0) is 28.0 Å². The number of aryl methyl sites for hydroxylation is 1. The minimum absolute atomic E-state index is 0.0427. The van der Waals surface area contributed by atoms with Crippen LogP contribution in [0.25, 0.3) is 10.6 Å². The Labute approximate surface area is 274 Å². The van der Waals surface area contributed by atoms with Crippen LogP contribution >= 0.6 is 23.1 Å². The Morgan fingerprint density at radius 3 is 2.28 bits per heavy atom. The zero-order chi connectivity index (χ0) is 32.8. The number of nitrogens with zero attached hydrogens (tertiary/aromatic N) is 3. The van der Waals surface area contributed by atoms with Crippen molar-refractivity contribution in [3.63, 3.8) is 0 Å². The van der Waals surface area contributed by atoms with E-state index in [2.05, 4.69) is 14.5 Å². The molecule has 5 rings (SSSR count). The molecule has 0 saturated carbocycles. The normalized spacial score (nSPS) is 13.9. The van der Waals surface area contributed by atoms with Crippen molar-refractivity contribution < 1.29 is 32.2 Å². The summed E-state index contributed by atoms with van der Waals surface area (Å²) in [4.78, 5) is 34.8. The highest BCUT2D eigenvalue weighted by atomic mass is 32.2. The fraction of sp³-hybridized carbons (Fsp3) is 0.324.